The Hall–Kier alpha value is -1.17. The molecular weight excluding hydrogens is 322 g/mol. The van der Waals surface area contributed by atoms with Crippen LogP contribution in [0.25, 0.3) is 21.3 Å². The summed E-state index contributed by atoms with van der Waals surface area (Å²) in [5.74, 6) is 0. The number of nitrogens with two attached hydrogens (primary N) is 1. The summed E-state index contributed by atoms with van der Waals surface area (Å²) in [5.41, 5.74) is 8.99. The first-order chi connectivity index (χ1) is 9.22. The van der Waals surface area contributed by atoms with Crippen molar-refractivity contribution in [2.45, 2.75) is 6.42 Å². The van der Waals surface area contributed by atoms with Gasteiger partial charge in [0.25, 0.3) is 0 Å². The Morgan fingerprint density at radius 1 is 1.37 bits per heavy atom. The SMILES string of the molecule is Cn1nc(-c2csc3ccccc23)c(Br)c1CCN. The number of aromatic nitrogens is 2. The van der Waals surface area contributed by atoms with Gasteiger partial charge in [-0.1, -0.05) is 18.2 Å². The molecule has 0 bridgehead atoms. The predicted octanol–water partition coefficient (Wildman–Crippen LogP) is 3.57. The van der Waals surface area contributed by atoms with Crippen molar-refractivity contribution in [3.63, 3.8) is 0 Å². The van der Waals surface area contributed by atoms with E-state index in [-0.39, 0.29) is 0 Å². The first-order valence-corrected chi connectivity index (χ1v) is 7.77. The van der Waals surface area contributed by atoms with Gasteiger partial charge in [-0.3, -0.25) is 4.68 Å². The molecule has 1 aromatic carbocycles. The molecule has 0 aliphatic carbocycles. The number of fused-ring (bicyclic) bond motifs is 1. The van der Waals surface area contributed by atoms with Crippen LogP contribution in [0.3, 0.4) is 0 Å². The third-order valence-electron chi connectivity index (χ3n) is 3.22. The van der Waals surface area contributed by atoms with Crippen molar-refractivity contribution >= 4 is 37.4 Å². The van der Waals surface area contributed by atoms with Crippen LogP contribution < -0.4 is 5.73 Å². The van der Waals surface area contributed by atoms with Crippen LogP contribution in [0.4, 0.5) is 0 Å². The second kappa shape index (κ2) is 5.07. The lowest BCUT2D eigenvalue weighted by Gasteiger charge is -1.99. The second-order valence-corrected chi connectivity index (χ2v) is 6.12. The van der Waals surface area contributed by atoms with Gasteiger partial charge in [-0.05, 0) is 28.5 Å². The number of benzene rings is 1. The van der Waals surface area contributed by atoms with Crippen molar-refractivity contribution in [1.29, 1.82) is 0 Å². The number of rotatable bonds is 3. The largest absolute Gasteiger partial charge is 0.330 e. The smallest absolute Gasteiger partial charge is 0.108 e. The molecule has 19 heavy (non-hydrogen) atoms. The molecule has 0 amide bonds. The fraction of sp³-hybridized carbons (Fsp3) is 0.214. The van der Waals surface area contributed by atoms with Crippen molar-refractivity contribution < 1.29 is 0 Å². The van der Waals surface area contributed by atoms with E-state index in [0.29, 0.717) is 6.54 Å². The van der Waals surface area contributed by atoms with Crippen LogP contribution in [0.15, 0.2) is 34.1 Å². The predicted molar refractivity (Wildman–Crippen MR) is 84.5 cm³/mol. The normalized spacial score (nSPS) is 11.3. The Balaban J connectivity index is 2.19. The molecule has 3 rings (SSSR count). The van der Waals surface area contributed by atoms with Gasteiger partial charge in [0.05, 0.1) is 10.2 Å². The Bertz CT molecular complexity index is 729. The summed E-state index contributed by atoms with van der Waals surface area (Å²) < 4.78 is 4.26. The van der Waals surface area contributed by atoms with E-state index < -0.39 is 0 Å². The molecule has 0 fully saturated rings. The molecule has 0 spiro atoms. The Kier molecular flexibility index (Phi) is 3.43. The molecule has 98 valence electrons. The minimum atomic E-state index is 0.627. The molecule has 0 radical (unpaired) electrons. The fourth-order valence-electron chi connectivity index (χ4n) is 2.27. The monoisotopic (exact) mass is 335 g/mol. The summed E-state index contributed by atoms with van der Waals surface area (Å²) >= 11 is 5.43. The van der Waals surface area contributed by atoms with Crippen molar-refractivity contribution in [2.75, 3.05) is 6.54 Å². The molecule has 2 aromatic heterocycles. The zero-order valence-corrected chi connectivity index (χ0v) is 13.0. The molecule has 0 saturated carbocycles. The highest BCUT2D eigenvalue weighted by Crippen LogP contribution is 2.37. The van der Waals surface area contributed by atoms with E-state index in [2.05, 4.69) is 50.7 Å². The highest BCUT2D eigenvalue weighted by molar-refractivity contribution is 9.10. The average molecular weight is 336 g/mol. The molecule has 2 heterocycles. The van der Waals surface area contributed by atoms with Crippen molar-refractivity contribution in [3.8, 4) is 11.3 Å². The van der Waals surface area contributed by atoms with Crippen molar-refractivity contribution in [3.05, 3.63) is 39.8 Å². The molecule has 0 unspecified atom stereocenters. The van der Waals surface area contributed by atoms with E-state index in [1.54, 1.807) is 11.3 Å². The molecule has 3 aromatic rings. The molecule has 3 nitrogen and oxygen atoms in total. The topological polar surface area (TPSA) is 43.8 Å². The van der Waals surface area contributed by atoms with Crippen LogP contribution in [0.1, 0.15) is 5.69 Å². The lowest BCUT2D eigenvalue weighted by atomic mass is 10.1. The van der Waals surface area contributed by atoms with Gasteiger partial charge in [-0.25, -0.2) is 0 Å². The van der Waals surface area contributed by atoms with Gasteiger partial charge in [0, 0.05) is 34.5 Å². The fourth-order valence-corrected chi connectivity index (χ4v) is 3.97. The Labute approximate surface area is 124 Å². The second-order valence-electron chi connectivity index (χ2n) is 4.42. The number of thiophene rings is 1. The van der Waals surface area contributed by atoms with Crippen LogP contribution in [-0.2, 0) is 13.5 Å². The van der Waals surface area contributed by atoms with E-state index in [0.717, 1.165) is 22.3 Å². The summed E-state index contributed by atoms with van der Waals surface area (Å²) in [6.07, 6.45) is 0.826. The summed E-state index contributed by atoms with van der Waals surface area (Å²) in [4.78, 5) is 0. The lowest BCUT2D eigenvalue weighted by molar-refractivity contribution is 0.707. The zero-order valence-electron chi connectivity index (χ0n) is 10.6. The molecule has 0 atom stereocenters. The standard InChI is InChI=1S/C14H14BrN3S/c1-18-11(6-7-16)13(15)14(17-18)10-8-19-12-5-3-2-4-9(10)12/h2-5,8H,6-7,16H2,1H3. The number of halogens is 1. The van der Waals surface area contributed by atoms with Gasteiger partial charge in [-0.2, -0.15) is 5.10 Å². The van der Waals surface area contributed by atoms with Gasteiger partial charge in [0.2, 0.25) is 0 Å². The van der Waals surface area contributed by atoms with Crippen LogP contribution in [-0.4, -0.2) is 16.3 Å². The molecule has 0 saturated heterocycles. The van der Waals surface area contributed by atoms with Crippen LogP contribution in [0.2, 0.25) is 0 Å². The zero-order chi connectivity index (χ0) is 13.4. The quantitative estimate of drug-likeness (QED) is 0.795. The Morgan fingerprint density at radius 3 is 2.95 bits per heavy atom. The summed E-state index contributed by atoms with van der Waals surface area (Å²) in [5, 5.41) is 8.07. The van der Waals surface area contributed by atoms with Gasteiger partial charge >= 0.3 is 0 Å². The molecule has 0 aliphatic heterocycles. The number of nitrogens with zero attached hydrogens (tertiary/aromatic N) is 2. The number of aryl methyl sites for hydroxylation is 1. The van der Waals surface area contributed by atoms with Crippen molar-refractivity contribution in [1.82, 2.24) is 9.78 Å². The van der Waals surface area contributed by atoms with Gasteiger partial charge in [-0.15, -0.1) is 11.3 Å². The molecular formula is C14H14BrN3S. The average Bonchev–Trinajstić information content (AvgIpc) is 2.95. The van der Waals surface area contributed by atoms with Gasteiger partial charge < -0.3 is 5.73 Å². The maximum Gasteiger partial charge on any atom is 0.108 e. The van der Waals surface area contributed by atoms with Crippen LogP contribution >= 0.6 is 27.3 Å². The third-order valence-corrected chi connectivity index (χ3v) is 5.02. The van der Waals surface area contributed by atoms with Crippen LogP contribution in [0, 0.1) is 0 Å². The third kappa shape index (κ3) is 2.12. The first-order valence-electron chi connectivity index (χ1n) is 6.10. The molecule has 2 N–H and O–H groups in total. The van der Waals surface area contributed by atoms with Crippen molar-refractivity contribution in [2.24, 2.45) is 12.8 Å². The lowest BCUT2D eigenvalue weighted by Crippen LogP contribution is -2.07. The highest BCUT2D eigenvalue weighted by Gasteiger charge is 2.17. The number of hydrogen-bond acceptors (Lipinski definition) is 3. The Morgan fingerprint density at radius 2 is 2.16 bits per heavy atom. The number of hydrogen-bond donors (Lipinski definition) is 1. The van der Waals surface area contributed by atoms with E-state index in [4.69, 9.17) is 5.73 Å². The van der Waals surface area contributed by atoms with E-state index in [9.17, 15) is 0 Å². The summed E-state index contributed by atoms with van der Waals surface area (Å²) in [6, 6.07) is 8.41. The summed E-state index contributed by atoms with van der Waals surface area (Å²) in [6.45, 7) is 0.627. The molecule has 5 heteroatoms. The maximum atomic E-state index is 5.66. The van der Waals surface area contributed by atoms with E-state index in [1.807, 2.05) is 11.7 Å². The van der Waals surface area contributed by atoms with E-state index in [1.165, 1.54) is 15.6 Å². The first kappa shape index (κ1) is 12.8. The summed E-state index contributed by atoms with van der Waals surface area (Å²) in [7, 11) is 1.97. The highest BCUT2D eigenvalue weighted by atomic mass is 79.9. The van der Waals surface area contributed by atoms with Gasteiger partial charge in [0.15, 0.2) is 0 Å². The maximum absolute atomic E-state index is 5.66. The van der Waals surface area contributed by atoms with E-state index >= 15 is 0 Å². The van der Waals surface area contributed by atoms with Crippen LogP contribution in [0.5, 0.6) is 0 Å². The minimum absolute atomic E-state index is 0.627. The van der Waals surface area contributed by atoms with Gasteiger partial charge in [0.1, 0.15) is 5.69 Å². The minimum Gasteiger partial charge on any atom is -0.330 e. The molecule has 0 aliphatic rings.